The molecule has 0 aliphatic rings. The van der Waals surface area contributed by atoms with Gasteiger partial charge in [-0.25, -0.2) is 4.39 Å². The molecule has 0 atom stereocenters. The van der Waals surface area contributed by atoms with Crippen molar-refractivity contribution in [3.8, 4) is 5.75 Å². The number of benzene rings is 2. The summed E-state index contributed by atoms with van der Waals surface area (Å²) in [5.74, 6) is -0.00720. The fourth-order valence-corrected chi connectivity index (χ4v) is 2.48. The lowest BCUT2D eigenvalue weighted by Gasteiger charge is -2.07. The monoisotopic (exact) mass is 356 g/mol. The summed E-state index contributed by atoms with van der Waals surface area (Å²) in [7, 11) is 1.55. The number of halogens is 3. The number of methoxy groups -OCH3 is 1. The highest BCUT2D eigenvalue weighted by atomic mass is 79.9. The third-order valence-corrected chi connectivity index (χ3v) is 3.69. The average Bonchev–Trinajstić information content (AvgIpc) is 2.41. The summed E-state index contributed by atoms with van der Waals surface area (Å²) < 4.78 is 19.4. The standard InChI is InChI=1S/C15H11BrClFO2/c1-20-15-5-3-10(6-12(15)16)14(19)7-9-2-4-11(17)8-13(9)18/h2-6,8H,7H2,1H3. The van der Waals surface area contributed by atoms with Crippen molar-refractivity contribution in [1.29, 1.82) is 0 Å². The number of hydrogen-bond acceptors (Lipinski definition) is 2. The molecule has 20 heavy (non-hydrogen) atoms. The third-order valence-electron chi connectivity index (χ3n) is 2.84. The van der Waals surface area contributed by atoms with E-state index in [4.69, 9.17) is 16.3 Å². The first-order valence-corrected chi connectivity index (χ1v) is 6.99. The molecule has 2 aromatic rings. The van der Waals surface area contributed by atoms with Crippen molar-refractivity contribution in [2.75, 3.05) is 7.11 Å². The van der Waals surface area contributed by atoms with Crippen LogP contribution in [0.15, 0.2) is 40.9 Å². The second-order valence-electron chi connectivity index (χ2n) is 4.19. The van der Waals surface area contributed by atoms with Crippen molar-refractivity contribution < 1.29 is 13.9 Å². The van der Waals surface area contributed by atoms with E-state index in [0.29, 0.717) is 26.4 Å². The zero-order chi connectivity index (χ0) is 14.7. The highest BCUT2D eigenvalue weighted by molar-refractivity contribution is 9.10. The van der Waals surface area contributed by atoms with Gasteiger partial charge in [0.1, 0.15) is 11.6 Å². The van der Waals surface area contributed by atoms with Crippen LogP contribution in [0.5, 0.6) is 5.75 Å². The van der Waals surface area contributed by atoms with Crippen LogP contribution in [0, 0.1) is 5.82 Å². The SMILES string of the molecule is COc1ccc(C(=O)Cc2ccc(Cl)cc2F)cc1Br. The van der Waals surface area contributed by atoms with Gasteiger partial charge in [-0.3, -0.25) is 4.79 Å². The van der Waals surface area contributed by atoms with Crippen molar-refractivity contribution in [3.63, 3.8) is 0 Å². The number of carbonyl (C=O) groups excluding carboxylic acids is 1. The number of ketones is 1. The van der Waals surface area contributed by atoms with E-state index in [1.54, 1.807) is 31.4 Å². The minimum atomic E-state index is -0.474. The fraction of sp³-hybridized carbons (Fsp3) is 0.133. The molecule has 2 aromatic carbocycles. The van der Waals surface area contributed by atoms with Crippen LogP contribution in [0.3, 0.4) is 0 Å². The zero-order valence-electron chi connectivity index (χ0n) is 10.6. The summed E-state index contributed by atoms with van der Waals surface area (Å²) in [4.78, 5) is 12.1. The quantitative estimate of drug-likeness (QED) is 0.743. The largest absolute Gasteiger partial charge is 0.496 e. The normalized spacial score (nSPS) is 10.4. The number of rotatable bonds is 4. The van der Waals surface area contributed by atoms with E-state index in [0.717, 1.165) is 0 Å². The van der Waals surface area contributed by atoms with Crippen molar-refractivity contribution >= 4 is 33.3 Å². The Morgan fingerprint density at radius 3 is 2.65 bits per heavy atom. The van der Waals surface area contributed by atoms with E-state index in [1.165, 1.54) is 12.1 Å². The van der Waals surface area contributed by atoms with Crippen LogP contribution in [-0.4, -0.2) is 12.9 Å². The molecular formula is C15H11BrClFO2. The topological polar surface area (TPSA) is 26.3 Å². The summed E-state index contributed by atoms with van der Waals surface area (Å²) in [6, 6.07) is 9.30. The summed E-state index contributed by atoms with van der Waals surface area (Å²) in [6.45, 7) is 0. The van der Waals surface area contributed by atoms with Gasteiger partial charge in [-0.05, 0) is 51.8 Å². The number of carbonyl (C=O) groups is 1. The Bertz CT molecular complexity index is 658. The van der Waals surface area contributed by atoms with E-state index < -0.39 is 5.82 Å². The van der Waals surface area contributed by atoms with Gasteiger partial charge < -0.3 is 4.74 Å². The van der Waals surface area contributed by atoms with Gasteiger partial charge in [0, 0.05) is 17.0 Å². The zero-order valence-corrected chi connectivity index (χ0v) is 13.0. The molecule has 0 aromatic heterocycles. The Kier molecular flexibility index (Phi) is 4.78. The predicted molar refractivity (Wildman–Crippen MR) is 80.1 cm³/mol. The number of Topliss-reactive ketones (excluding diaryl/α,β-unsaturated/α-hetero) is 1. The molecule has 0 radical (unpaired) electrons. The first-order valence-electron chi connectivity index (χ1n) is 5.82. The van der Waals surface area contributed by atoms with E-state index in [2.05, 4.69) is 15.9 Å². The molecule has 2 nitrogen and oxygen atoms in total. The van der Waals surface area contributed by atoms with Crippen molar-refractivity contribution in [1.82, 2.24) is 0 Å². The predicted octanol–water partition coefficient (Wildman–Crippen LogP) is 4.68. The van der Waals surface area contributed by atoms with E-state index in [1.807, 2.05) is 0 Å². The van der Waals surface area contributed by atoms with Gasteiger partial charge in [0.2, 0.25) is 0 Å². The van der Waals surface area contributed by atoms with E-state index in [9.17, 15) is 9.18 Å². The van der Waals surface area contributed by atoms with Gasteiger partial charge in [0.25, 0.3) is 0 Å². The van der Waals surface area contributed by atoms with Crippen LogP contribution in [0.1, 0.15) is 15.9 Å². The minimum absolute atomic E-state index is 0.0121. The average molecular weight is 358 g/mol. The van der Waals surface area contributed by atoms with Crippen LogP contribution in [-0.2, 0) is 6.42 Å². The molecule has 0 saturated heterocycles. The molecule has 104 valence electrons. The first kappa shape index (κ1) is 15.0. The summed E-state index contributed by atoms with van der Waals surface area (Å²) >= 11 is 9.00. The molecule has 0 saturated carbocycles. The van der Waals surface area contributed by atoms with Crippen LogP contribution in [0.4, 0.5) is 4.39 Å². The van der Waals surface area contributed by atoms with E-state index >= 15 is 0 Å². The van der Waals surface area contributed by atoms with Crippen molar-refractivity contribution in [2.45, 2.75) is 6.42 Å². The maximum Gasteiger partial charge on any atom is 0.167 e. The first-order chi connectivity index (χ1) is 9.51. The van der Waals surface area contributed by atoms with E-state index in [-0.39, 0.29) is 12.2 Å². The Balaban J connectivity index is 2.21. The Labute approximate surface area is 129 Å². The van der Waals surface area contributed by atoms with Crippen molar-refractivity contribution in [3.05, 3.63) is 62.8 Å². The van der Waals surface area contributed by atoms with Gasteiger partial charge in [-0.15, -0.1) is 0 Å². The second kappa shape index (κ2) is 6.37. The molecule has 0 aliphatic carbocycles. The fourth-order valence-electron chi connectivity index (χ4n) is 1.78. The molecule has 0 unspecified atom stereocenters. The molecule has 0 heterocycles. The van der Waals surface area contributed by atoms with Crippen LogP contribution in [0.25, 0.3) is 0 Å². The highest BCUT2D eigenvalue weighted by Crippen LogP contribution is 2.26. The van der Waals surface area contributed by atoms with Crippen LogP contribution in [0.2, 0.25) is 5.02 Å². The number of ether oxygens (including phenoxy) is 1. The lowest BCUT2D eigenvalue weighted by atomic mass is 10.0. The molecule has 2 rings (SSSR count). The van der Waals surface area contributed by atoms with Gasteiger partial charge in [0.15, 0.2) is 5.78 Å². The highest BCUT2D eigenvalue weighted by Gasteiger charge is 2.12. The van der Waals surface area contributed by atoms with Gasteiger partial charge in [0.05, 0.1) is 11.6 Å². The van der Waals surface area contributed by atoms with Gasteiger partial charge in [-0.2, -0.15) is 0 Å². The minimum Gasteiger partial charge on any atom is -0.496 e. The Morgan fingerprint density at radius 1 is 1.30 bits per heavy atom. The lowest BCUT2D eigenvalue weighted by molar-refractivity contribution is 0.0991. The van der Waals surface area contributed by atoms with Gasteiger partial charge >= 0.3 is 0 Å². The van der Waals surface area contributed by atoms with Gasteiger partial charge in [-0.1, -0.05) is 17.7 Å². The molecule has 0 bridgehead atoms. The molecule has 5 heteroatoms. The molecular weight excluding hydrogens is 347 g/mol. The molecule has 0 amide bonds. The molecule has 0 fully saturated rings. The summed E-state index contributed by atoms with van der Waals surface area (Å²) in [6.07, 6.45) is -0.0121. The third kappa shape index (κ3) is 3.38. The van der Waals surface area contributed by atoms with Crippen molar-refractivity contribution in [2.24, 2.45) is 0 Å². The number of hydrogen-bond donors (Lipinski definition) is 0. The Hall–Kier alpha value is -1.39. The summed E-state index contributed by atoms with van der Waals surface area (Å²) in [5, 5.41) is 0.311. The maximum atomic E-state index is 13.7. The summed E-state index contributed by atoms with van der Waals surface area (Å²) in [5.41, 5.74) is 0.818. The van der Waals surface area contributed by atoms with Crippen LogP contribution < -0.4 is 4.74 Å². The lowest BCUT2D eigenvalue weighted by Crippen LogP contribution is -2.05. The molecule has 0 spiro atoms. The maximum absolute atomic E-state index is 13.7. The smallest absolute Gasteiger partial charge is 0.167 e. The Morgan fingerprint density at radius 2 is 2.05 bits per heavy atom. The molecule has 0 N–H and O–H groups in total. The molecule has 0 aliphatic heterocycles. The second-order valence-corrected chi connectivity index (χ2v) is 5.48. The van der Waals surface area contributed by atoms with Crippen LogP contribution >= 0.6 is 27.5 Å².